The molecule has 1 aliphatic heterocycles. The van der Waals surface area contributed by atoms with E-state index in [2.05, 4.69) is 0 Å². The van der Waals surface area contributed by atoms with Crippen LogP contribution >= 0.6 is 0 Å². The SMILES string of the molecule is COc1ccc(CC2CC(=O)N(CC(=O)O)C2=O)cc1. The molecule has 1 heterocycles. The van der Waals surface area contributed by atoms with Crippen molar-refractivity contribution in [3.8, 4) is 5.75 Å². The van der Waals surface area contributed by atoms with Crippen molar-refractivity contribution in [2.75, 3.05) is 13.7 Å². The first-order valence-corrected chi connectivity index (χ1v) is 6.20. The molecule has 0 aromatic heterocycles. The van der Waals surface area contributed by atoms with E-state index in [1.165, 1.54) is 0 Å². The van der Waals surface area contributed by atoms with E-state index in [4.69, 9.17) is 9.84 Å². The Kier molecular flexibility index (Phi) is 4.02. The molecule has 0 saturated carbocycles. The van der Waals surface area contributed by atoms with E-state index < -0.39 is 30.2 Å². The Labute approximate surface area is 115 Å². The summed E-state index contributed by atoms with van der Waals surface area (Å²) in [4.78, 5) is 35.1. The van der Waals surface area contributed by atoms with E-state index in [0.717, 1.165) is 16.2 Å². The number of likely N-dealkylation sites (tertiary alicyclic amines) is 1. The number of aliphatic carboxylic acids is 1. The van der Waals surface area contributed by atoms with Gasteiger partial charge >= 0.3 is 5.97 Å². The Bertz CT molecular complexity index is 537. The van der Waals surface area contributed by atoms with Gasteiger partial charge in [0.2, 0.25) is 11.8 Å². The lowest BCUT2D eigenvalue weighted by Crippen LogP contribution is -2.35. The van der Waals surface area contributed by atoms with Crippen LogP contribution < -0.4 is 4.74 Å². The third kappa shape index (κ3) is 2.96. The van der Waals surface area contributed by atoms with Gasteiger partial charge in [0.1, 0.15) is 12.3 Å². The zero-order valence-electron chi connectivity index (χ0n) is 11.0. The van der Waals surface area contributed by atoms with Crippen LogP contribution in [0, 0.1) is 5.92 Å². The van der Waals surface area contributed by atoms with Crippen molar-refractivity contribution >= 4 is 17.8 Å². The molecule has 0 aliphatic carbocycles. The molecule has 1 fully saturated rings. The molecule has 0 radical (unpaired) electrons. The molecule has 0 bridgehead atoms. The van der Waals surface area contributed by atoms with Crippen LogP contribution in [0.15, 0.2) is 24.3 Å². The molecule has 0 spiro atoms. The first-order valence-electron chi connectivity index (χ1n) is 6.20. The second-order valence-corrected chi connectivity index (χ2v) is 4.67. The van der Waals surface area contributed by atoms with Crippen LogP contribution in [-0.4, -0.2) is 41.4 Å². The van der Waals surface area contributed by atoms with Gasteiger partial charge in [0.05, 0.1) is 13.0 Å². The molecule has 1 unspecified atom stereocenters. The monoisotopic (exact) mass is 277 g/mol. The van der Waals surface area contributed by atoms with Crippen LogP contribution in [0.3, 0.4) is 0 Å². The first kappa shape index (κ1) is 14.0. The maximum atomic E-state index is 12.0. The summed E-state index contributed by atoms with van der Waals surface area (Å²) in [5.74, 6) is -1.77. The normalized spacial score (nSPS) is 18.4. The molecule has 6 heteroatoms. The number of carbonyl (C=O) groups is 3. The Morgan fingerprint density at radius 3 is 2.55 bits per heavy atom. The second kappa shape index (κ2) is 5.73. The van der Waals surface area contributed by atoms with E-state index in [9.17, 15) is 14.4 Å². The fourth-order valence-corrected chi connectivity index (χ4v) is 2.26. The van der Waals surface area contributed by atoms with Gasteiger partial charge in [0.25, 0.3) is 0 Å². The Morgan fingerprint density at radius 2 is 2.00 bits per heavy atom. The molecule has 1 N–H and O–H groups in total. The predicted octanol–water partition coefficient (Wildman–Crippen LogP) is 0.697. The summed E-state index contributed by atoms with van der Waals surface area (Å²) in [5.41, 5.74) is 0.911. The lowest BCUT2D eigenvalue weighted by molar-refractivity contribution is -0.149. The Hall–Kier alpha value is -2.37. The lowest BCUT2D eigenvalue weighted by atomic mass is 9.98. The van der Waals surface area contributed by atoms with Crippen LogP contribution in [-0.2, 0) is 20.8 Å². The molecule has 2 amide bonds. The van der Waals surface area contributed by atoms with Crippen molar-refractivity contribution in [3.63, 3.8) is 0 Å². The maximum Gasteiger partial charge on any atom is 0.323 e. The minimum Gasteiger partial charge on any atom is -0.497 e. The van der Waals surface area contributed by atoms with E-state index in [1.54, 1.807) is 19.2 Å². The third-order valence-electron chi connectivity index (χ3n) is 3.27. The molecular formula is C14H15NO5. The zero-order chi connectivity index (χ0) is 14.7. The fraction of sp³-hybridized carbons (Fsp3) is 0.357. The molecule has 1 aromatic rings. The van der Waals surface area contributed by atoms with Gasteiger partial charge in [0.15, 0.2) is 0 Å². The number of carbonyl (C=O) groups excluding carboxylic acids is 2. The molecule has 2 rings (SSSR count). The molecule has 1 atom stereocenters. The average molecular weight is 277 g/mol. The second-order valence-electron chi connectivity index (χ2n) is 4.67. The number of rotatable bonds is 5. The summed E-state index contributed by atoms with van der Waals surface area (Å²) >= 11 is 0. The number of benzene rings is 1. The van der Waals surface area contributed by atoms with Crippen LogP contribution in [0.5, 0.6) is 5.75 Å². The van der Waals surface area contributed by atoms with Crippen molar-refractivity contribution in [1.82, 2.24) is 4.90 Å². The molecule has 1 aromatic carbocycles. The quantitative estimate of drug-likeness (QED) is 0.801. The minimum atomic E-state index is -1.18. The smallest absolute Gasteiger partial charge is 0.323 e. The molecule has 106 valence electrons. The number of hydrogen-bond donors (Lipinski definition) is 1. The van der Waals surface area contributed by atoms with Gasteiger partial charge in [-0.25, -0.2) is 0 Å². The van der Waals surface area contributed by atoms with Crippen molar-refractivity contribution in [1.29, 1.82) is 0 Å². The summed E-state index contributed by atoms with van der Waals surface area (Å²) in [6, 6.07) is 7.23. The highest BCUT2D eigenvalue weighted by atomic mass is 16.5. The number of carboxylic acids is 1. The van der Waals surface area contributed by atoms with Crippen molar-refractivity contribution in [2.24, 2.45) is 5.92 Å². The standard InChI is InChI=1S/C14H15NO5/c1-20-11-4-2-9(3-5-11)6-10-7-12(16)15(14(10)19)8-13(17)18/h2-5,10H,6-8H2,1H3,(H,17,18). The predicted molar refractivity (Wildman–Crippen MR) is 69.2 cm³/mol. The molecular weight excluding hydrogens is 262 g/mol. The number of hydrogen-bond acceptors (Lipinski definition) is 4. The molecule has 20 heavy (non-hydrogen) atoms. The van der Waals surface area contributed by atoms with E-state index in [0.29, 0.717) is 6.42 Å². The first-order chi connectivity index (χ1) is 9.51. The largest absolute Gasteiger partial charge is 0.497 e. The topological polar surface area (TPSA) is 83.9 Å². The summed E-state index contributed by atoms with van der Waals surface area (Å²) in [7, 11) is 1.57. The van der Waals surface area contributed by atoms with Crippen LogP contribution in [0.1, 0.15) is 12.0 Å². The Balaban J connectivity index is 2.04. The lowest BCUT2D eigenvalue weighted by Gasteiger charge is -2.12. The molecule has 1 aliphatic rings. The number of ether oxygens (including phenoxy) is 1. The van der Waals surface area contributed by atoms with E-state index in [-0.39, 0.29) is 6.42 Å². The van der Waals surface area contributed by atoms with Gasteiger partial charge in [-0.3, -0.25) is 19.3 Å². The van der Waals surface area contributed by atoms with Crippen LogP contribution in [0.4, 0.5) is 0 Å². The van der Waals surface area contributed by atoms with Gasteiger partial charge in [0, 0.05) is 6.42 Å². The summed E-state index contributed by atoms with van der Waals surface area (Å²) in [6.07, 6.45) is 0.489. The zero-order valence-corrected chi connectivity index (χ0v) is 11.0. The van der Waals surface area contributed by atoms with Gasteiger partial charge in [-0.2, -0.15) is 0 Å². The van der Waals surface area contributed by atoms with Crippen molar-refractivity contribution in [2.45, 2.75) is 12.8 Å². The summed E-state index contributed by atoms with van der Waals surface area (Å²) in [5, 5.41) is 8.68. The maximum absolute atomic E-state index is 12.0. The van der Waals surface area contributed by atoms with Gasteiger partial charge in [-0.1, -0.05) is 12.1 Å². The fourth-order valence-electron chi connectivity index (χ4n) is 2.26. The number of methoxy groups -OCH3 is 1. The number of carboxylic acid groups (broad SMARTS) is 1. The van der Waals surface area contributed by atoms with Crippen LogP contribution in [0.2, 0.25) is 0 Å². The minimum absolute atomic E-state index is 0.0676. The van der Waals surface area contributed by atoms with Crippen molar-refractivity contribution in [3.05, 3.63) is 29.8 Å². The number of imide groups is 1. The van der Waals surface area contributed by atoms with E-state index in [1.807, 2.05) is 12.1 Å². The van der Waals surface area contributed by atoms with Gasteiger partial charge in [-0.15, -0.1) is 0 Å². The number of nitrogens with zero attached hydrogens (tertiary/aromatic N) is 1. The van der Waals surface area contributed by atoms with E-state index >= 15 is 0 Å². The Morgan fingerprint density at radius 1 is 1.35 bits per heavy atom. The summed E-state index contributed by atoms with van der Waals surface area (Å²) < 4.78 is 5.04. The third-order valence-corrected chi connectivity index (χ3v) is 3.27. The highest BCUT2D eigenvalue weighted by molar-refractivity contribution is 6.05. The van der Waals surface area contributed by atoms with Gasteiger partial charge in [-0.05, 0) is 24.1 Å². The van der Waals surface area contributed by atoms with Crippen molar-refractivity contribution < 1.29 is 24.2 Å². The highest BCUT2D eigenvalue weighted by Crippen LogP contribution is 2.24. The van der Waals surface area contributed by atoms with Crippen LogP contribution in [0.25, 0.3) is 0 Å². The summed E-state index contributed by atoms with van der Waals surface area (Å²) in [6.45, 7) is -0.559. The average Bonchev–Trinajstić information content (AvgIpc) is 2.67. The molecule has 1 saturated heterocycles. The number of amides is 2. The highest BCUT2D eigenvalue weighted by Gasteiger charge is 2.39. The van der Waals surface area contributed by atoms with Gasteiger partial charge < -0.3 is 9.84 Å². The molecule has 6 nitrogen and oxygen atoms in total.